The summed E-state index contributed by atoms with van der Waals surface area (Å²) in [6.45, 7) is 2.72. The molecule has 1 atom stereocenters. The molecule has 0 radical (unpaired) electrons. The van der Waals surface area contributed by atoms with Gasteiger partial charge < -0.3 is 14.8 Å². The quantitative estimate of drug-likeness (QED) is 0.686. The third kappa shape index (κ3) is 6.11. The van der Waals surface area contributed by atoms with Crippen LogP contribution >= 0.6 is 24.0 Å². The summed E-state index contributed by atoms with van der Waals surface area (Å²) in [5.41, 5.74) is 0.191. The molecule has 0 aliphatic carbocycles. The van der Waals surface area contributed by atoms with E-state index in [1.54, 1.807) is 12.1 Å². The standard InChI is InChI=1S/C20H23ClN2O3.ClH/c21-17-6-8-18(9-7-17)25-13-10-20(15-22-11-12-23-20)19(24)26-14-16-4-2-1-3-5-16;/h1-9,22-23H,10-15H2;1H/t20-;/m1./s1. The molecule has 1 heterocycles. The van der Waals surface area contributed by atoms with E-state index in [9.17, 15) is 4.79 Å². The fourth-order valence-electron chi connectivity index (χ4n) is 2.91. The van der Waals surface area contributed by atoms with Gasteiger partial charge in [0.1, 0.15) is 17.9 Å². The number of ether oxygens (including phenoxy) is 2. The van der Waals surface area contributed by atoms with E-state index in [0.29, 0.717) is 31.1 Å². The zero-order valence-electron chi connectivity index (χ0n) is 14.9. The Labute approximate surface area is 170 Å². The molecule has 0 aromatic heterocycles. The molecule has 2 aromatic carbocycles. The van der Waals surface area contributed by atoms with Gasteiger partial charge >= 0.3 is 5.97 Å². The first-order valence-corrected chi connectivity index (χ1v) is 9.11. The molecule has 27 heavy (non-hydrogen) atoms. The molecule has 0 amide bonds. The third-order valence-electron chi connectivity index (χ3n) is 4.41. The van der Waals surface area contributed by atoms with Crippen LogP contribution in [-0.4, -0.2) is 37.7 Å². The second-order valence-electron chi connectivity index (χ2n) is 6.30. The van der Waals surface area contributed by atoms with E-state index in [4.69, 9.17) is 21.1 Å². The van der Waals surface area contributed by atoms with Gasteiger partial charge in [0, 0.05) is 31.1 Å². The lowest BCUT2D eigenvalue weighted by atomic mass is 9.93. The largest absolute Gasteiger partial charge is 0.494 e. The molecule has 1 aliphatic heterocycles. The molecule has 2 N–H and O–H groups in total. The summed E-state index contributed by atoms with van der Waals surface area (Å²) >= 11 is 5.88. The van der Waals surface area contributed by atoms with Crippen LogP contribution in [0.5, 0.6) is 5.75 Å². The molecule has 3 rings (SSSR count). The van der Waals surface area contributed by atoms with Gasteiger partial charge in [-0.1, -0.05) is 41.9 Å². The van der Waals surface area contributed by atoms with Gasteiger partial charge in [0.05, 0.1) is 6.61 Å². The van der Waals surface area contributed by atoms with Gasteiger partial charge in [0.25, 0.3) is 0 Å². The maximum atomic E-state index is 12.8. The number of hydrogen-bond acceptors (Lipinski definition) is 5. The molecule has 146 valence electrons. The first kappa shape index (κ1) is 21.5. The van der Waals surface area contributed by atoms with Gasteiger partial charge in [0.2, 0.25) is 0 Å². The molecule has 0 spiro atoms. The van der Waals surface area contributed by atoms with Gasteiger partial charge in [-0.05, 0) is 29.8 Å². The Morgan fingerprint density at radius 1 is 1.07 bits per heavy atom. The van der Waals surface area contributed by atoms with Crippen LogP contribution < -0.4 is 15.4 Å². The smallest absolute Gasteiger partial charge is 0.328 e. The summed E-state index contributed by atoms with van der Waals surface area (Å²) in [6.07, 6.45) is 0.510. The van der Waals surface area contributed by atoms with Crippen molar-refractivity contribution in [1.29, 1.82) is 0 Å². The highest BCUT2D eigenvalue weighted by Gasteiger charge is 2.41. The average molecular weight is 411 g/mol. The molecule has 7 heteroatoms. The lowest BCUT2D eigenvalue weighted by molar-refractivity contribution is -0.154. The lowest BCUT2D eigenvalue weighted by Crippen LogP contribution is -2.64. The Bertz CT molecular complexity index is 705. The normalized spacial score (nSPS) is 19.0. The number of rotatable bonds is 7. The van der Waals surface area contributed by atoms with Gasteiger partial charge in [0.15, 0.2) is 0 Å². The Morgan fingerprint density at radius 2 is 1.81 bits per heavy atom. The van der Waals surface area contributed by atoms with Gasteiger partial charge in [-0.3, -0.25) is 5.32 Å². The first-order chi connectivity index (χ1) is 12.7. The van der Waals surface area contributed by atoms with Crippen LogP contribution in [0.2, 0.25) is 5.02 Å². The van der Waals surface area contributed by atoms with Crippen molar-refractivity contribution < 1.29 is 14.3 Å². The van der Waals surface area contributed by atoms with E-state index in [-0.39, 0.29) is 25.0 Å². The number of piperazine rings is 1. The van der Waals surface area contributed by atoms with Crippen LogP contribution in [0, 0.1) is 0 Å². The minimum absolute atomic E-state index is 0. The van der Waals surface area contributed by atoms with Gasteiger partial charge in [-0.15, -0.1) is 12.4 Å². The molecule has 1 saturated heterocycles. The number of esters is 1. The maximum absolute atomic E-state index is 12.8. The Balaban J connectivity index is 0.00000261. The van der Waals surface area contributed by atoms with E-state index in [1.807, 2.05) is 42.5 Å². The summed E-state index contributed by atoms with van der Waals surface area (Å²) in [6, 6.07) is 16.9. The minimum Gasteiger partial charge on any atom is -0.494 e. The SMILES string of the molecule is Cl.O=C(OCc1ccccc1)[C@@]1(CCOc2ccc(Cl)cc2)CNCCN1. The molecule has 1 fully saturated rings. The summed E-state index contributed by atoms with van der Waals surface area (Å²) in [7, 11) is 0. The molecule has 1 aliphatic rings. The van der Waals surface area contributed by atoms with Crippen molar-refractivity contribution in [2.24, 2.45) is 0 Å². The first-order valence-electron chi connectivity index (χ1n) is 8.73. The van der Waals surface area contributed by atoms with Crippen LogP contribution in [0.3, 0.4) is 0 Å². The van der Waals surface area contributed by atoms with Crippen LogP contribution in [0.4, 0.5) is 0 Å². The number of carbonyl (C=O) groups excluding carboxylic acids is 1. The monoisotopic (exact) mass is 410 g/mol. The summed E-state index contributed by atoms with van der Waals surface area (Å²) in [5, 5.41) is 7.26. The minimum atomic E-state index is -0.778. The number of nitrogens with one attached hydrogen (secondary N) is 2. The topological polar surface area (TPSA) is 59.6 Å². The Kier molecular flexibility index (Phi) is 8.38. The lowest BCUT2D eigenvalue weighted by Gasteiger charge is -2.36. The summed E-state index contributed by atoms with van der Waals surface area (Å²) < 4.78 is 11.3. The van der Waals surface area contributed by atoms with Crippen molar-refractivity contribution in [1.82, 2.24) is 10.6 Å². The third-order valence-corrected chi connectivity index (χ3v) is 4.66. The summed E-state index contributed by atoms with van der Waals surface area (Å²) in [4.78, 5) is 12.8. The molecule has 0 saturated carbocycles. The maximum Gasteiger partial charge on any atom is 0.328 e. The number of halogens is 2. The highest BCUT2D eigenvalue weighted by molar-refractivity contribution is 6.30. The van der Waals surface area contributed by atoms with Gasteiger partial charge in [-0.2, -0.15) is 0 Å². The number of hydrogen-bond donors (Lipinski definition) is 2. The van der Waals surface area contributed by atoms with Crippen molar-refractivity contribution in [2.75, 3.05) is 26.2 Å². The van der Waals surface area contributed by atoms with Crippen molar-refractivity contribution in [3.05, 3.63) is 65.2 Å². The van der Waals surface area contributed by atoms with E-state index in [0.717, 1.165) is 17.9 Å². The van der Waals surface area contributed by atoms with E-state index < -0.39 is 5.54 Å². The van der Waals surface area contributed by atoms with Crippen molar-refractivity contribution in [3.63, 3.8) is 0 Å². The Hall–Kier alpha value is -1.79. The van der Waals surface area contributed by atoms with E-state index in [2.05, 4.69) is 10.6 Å². The predicted molar refractivity (Wildman–Crippen MR) is 109 cm³/mol. The van der Waals surface area contributed by atoms with Crippen molar-refractivity contribution in [2.45, 2.75) is 18.6 Å². The highest BCUT2D eigenvalue weighted by Crippen LogP contribution is 2.19. The zero-order chi connectivity index (χ0) is 18.2. The Morgan fingerprint density at radius 3 is 2.48 bits per heavy atom. The predicted octanol–water partition coefficient (Wildman–Crippen LogP) is 3.21. The van der Waals surface area contributed by atoms with Crippen molar-refractivity contribution >= 4 is 30.0 Å². The fraction of sp³-hybridized carbons (Fsp3) is 0.350. The van der Waals surface area contributed by atoms with E-state index >= 15 is 0 Å². The second-order valence-corrected chi connectivity index (χ2v) is 6.74. The average Bonchev–Trinajstić information content (AvgIpc) is 2.69. The van der Waals surface area contributed by atoms with Crippen LogP contribution in [0.15, 0.2) is 54.6 Å². The van der Waals surface area contributed by atoms with Crippen LogP contribution in [0.25, 0.3) is 0 Å². The van der Waals surface area contributed by atoms with E-state index in [1.165, 1.54) is 0 Å². The molecular formula is C20H24Cl2N2O3. The molecule has 0 bridgehead atoms. The number of carbonyl (C=O) groups is 1. The van der Waals surface area contributed by atoms with Gasteiger partial charge in [-0.25, -0.2) is 4.79 Å². The fourth-order valence-corrected chi connectivity index (χ4v) is 3.04. The zero-order valence-corrected chi connectivity index (χ0v) is 16.5. The number of benzene rings is 2. The van der Waals surface area contributed by atoms with Crippen LogP contribution in [0.1, 0.15) is 12.0 Å². The molecular weight excluding hydrogens is 387 g/mol. The molecule has 5 nitrogen and oxygen atoms in total. The highest BCUT2D eigenvalue weighted by atomic mass is 35.5. The van der Waals surface area contributed by atoms with Crippen molar-refractivity contribution in [3.8, 4) is 5.75 Å². The molecule has 0 unspecified atom stereocenters. The van der Waals surface area contributed by atoms with Crippen LogP contribution in [-0.2, 0) is 16.1 Å². The molecule has 2 aromatic rings. The summed E-state index contributed by atoms with van der Waals surface area (Å²) in [5.74, 6) is 0.472. The second kappa shape index (κ2) is 10.5.